The predicted octanol–water partition coefficient (Wildman–Crippen LogP) is 1.61. The summed E-state index contributed by atoms with van der Waals surface area (Å²) in [5.41, 5.74) is 1.97. The van der Waals surface area contributed by atoms with Gasteiger partial charge in [-0.2, -0.15) is 0 Å². The van der Waals surface area contributed by atoms with E-state index in [1.54, 1.807) is 14.0 Å². The van der Waals surface area contributed by atoms with Crippen molar-refractivity contribution in [3.63, 3.8) is 0 Å². The maximum atomic E-state index is 12.0. The van der Waals surface area contributed by atoms with Gasteiger partial charge in [0, 0.05) is 18.7 Å². The van der Waals surface area contributed by atoms with E-state index in [1.807, 2.05) is 24.3 Å². The van der Waals surface area contributed by atoms with Crippen LogP contribution in [-0.4, -0.2) is 25.5 Å². The lowest BCUT2D eigenvalue weighted by atomic mass is 10.1. The van der Waals surface area contributed by atoms with Gasteiger partial charge in [-0.15, -0.1) is 0 Å². The highest BCUT2D eigenvalue weighted by molar-refractivity contribution is 6.34. The quantitative estimate of drug-likeness (QED) is 0.574. The lowest BCUT2D eigenvalue weighted by Gasteiger charge is -2.07. The average molecular weight is 231 g/mol. The van der Waals surface area contributed by atoms with Gasteiger partial charge in [-0.05, 0) is 13.0 Å². The Morgan fingerprint density at radius 3 is 2.82 bits per heavy atom. The van der Waals surface area contributed by atoms with Crippen LogP contribution in [0.15, 0.2) is 30.3 Å². The van der Waals surface area contributed by atoms with E-state index in [2.05, 4.69) is 0 Å². The van der Waals surface area contributed by atoms with Gasteiger partial charge in [-0.3, -0.25) is 4.79 Å². The molecule has 0 fully saturated rings. The van der Waals surface area contributed by atoms with Crippen LogP contribution in [0.5, 0.6) is 0 Å². The number of carbonyl (C=O) groups is 2. The van der Waals surface area contributed by atoms with Crippen LogP contribution >= 0.6 is 0 Å². The maximum Gasteiger partial charge on any atom is 0.331 e. The van der Waals surface area contributed by atoms with Crippen molar-refractivity contribution in [1.82, 2.24) is 0 Å². The third-order valence-electron chi connectivity index (χ3n) is 2.64. The van der Waals surface area contributed by atoms with Crippen LogP contribution in [0.2, 0.25) is 0 Å². The molecule has 4 heteroatoms. The van der Waals surface area contributed by atoms with E-state index in [4.69, 9.17) is 4.74 Å². The second-order valence-electron chi connectivity index (χ2n) is 3.69. The summed E-state index contributed by atoms with van der Waals surface area (Å²) in [5, 5.41) is 0. The molecule has 88 valence electrons. The monoisotopic (exact) mass is 231 g/mol. The minimum absolute atomic E-state index is 0.181. The molecule has 0 atom stereocenters. The van der Waals surface area contributed by atoms with Crippen molar-refractivity contribution in [2.45, 2.75) is 6.92 Å². The molecule has 0 radical (unpaired) electrons. The summed E-state index contributed by atoms with van der Waals surface area (Å²) in [6.07, 6.45) is 1.26. The summed E-state index contributed by atoms with van der Waals surface area (Å²) in [7, 11) is 1.69. The zero-order valence-electron chi connectivity index (χ0n) is 9.77. The number of carbonyl (C=O) groups excluding carboxylic acids is 2. The van der Waals surface area contributed by atoms with E-state index < -0.39 is 5.97 Å². The standard InChI is InChI=1S/C13H13NO3/c1-3-17-12(15)8-10-9-6-4-5-7-11(9)14(2)13(10)16/h4-8H,3H2,1-2H3/b10-8+. The maximum absolute atomic E-state index is 12.0. The largest absolute Gasteiger partial charge is 0.463 e. The number of esters is 1. The number of ether oxygens (including phenoxy) is 1. The van der Waals surface area contributed by atoms with Crippen LogP contribution in [-0.2, 0) is 14.3 Å². The number of anilines is 1. The molecule has 0 unspecified atom stereocenters. The van der Waals surface area contributed by atoms with Crippen LogP contribution in [0.1, 0.15) is 12.5 Å². The molecular weight excluding hydrogens is 218 g/mol. The van der Waals surface area contributed by atoms with Gasteiger partial charge in [0.15, 0.2) is 0 Å². The first-order chi connectivity index (χ1) is 8.15. The average Bonchev–Trinajstić information content (AvgIpc) is 2.56. The van der Waals surface area contributed by atoms with Gasteiger partial charge in [0.1, 0.15) is 0 Å². The lowest BCUT2D eigenvalue weighted by Crippen LogP contribution is -2.20. The number of rotatable bonds is 2. The number of benzene rings is 1. The summed E-state index contributed by atoms with van der Waals surface area (Å²) in [6, 6.07) is 7.36. The Labute approximate surface area is 99.5 Å². The first-order valence-corrected chi connectivity index (χ1v) is 5.41. The molecule has 17 heavy (non-hydrogen) atoms. The first kappa shape index (κ1) is 11.4. The Kier molecular flexibility index (Phi) is 2.95. The minimum Gasteiger partial charge on any atom is -0.463 e. The summed E-state index contributed by atoms with van der Waals surface area (Å²) < 4.78 is 4.82. The van der Waals surface area contributed by atoms with Gasteiger partial charge >= 0.3 is 5.97 Å². The second kappa shape index (κ2) is 4.41. The fraction of sp³-hybridized carbons (Fsp3) is 0.231. The topological polar surface area (TPSA) is 46.6 Å². The van der Waals surface area contributed by atoms with E-state index in [-0.39, 0.29) is 5.91 Å². The number of likely N-dealkylation sites (N-methyl/N-ethyl adjacent to an activating group) is 1. The lowest BCUT2D eigenvalue weighted by molar-refractivity contribution is -0.137. The number of hydrogen-bond acceptors (Lipinski definition) is 3. The molecule has 0 saturated carbocycles. The number of nitrogens with zero attached hydrogens (tertiary/aromatic N) is 1. The third-order valence-corrected chi connectivity index (χ3v) is 2.64. The molecule has 1 aliphatic heterocycles. The Bertz CT molecular complexity index is 505. The molecule has 0 aliphatic carbocycles. The molecule has 4 nitrogen and oxygen atoms in total. The molecule has 0 aromatic heterocycles. The highest BCUT2D eigenvalue weighted by Crippen LogP contribution is 2.35. The molecule has 1 heterocycles. The minimum atomic E-state index is -0.485. The van der Waals surface area contributed by atoms with Crippen LogP contribution < -0.4 is 4.90 Å². The molecule has 1 aromatic carbocycles. The molecule has 1 aliphatic rings. The predicted molar refractivity (Wildman–Crippen MR) is 64.5 cm³/mol. The van der Waals surface area contributed by atoms with Crippen LogP contribution in [0.25, 0.3) is 5.57 Å². The van der Waals surface area contributed by atoms with Crippen molar-refractivity contribution in [1.29, 1.82) is 0 Å². The van der Waals surface area contributed by atoms with Crippen LogP contribution in [0.3, 0.4) is 0 Å². The number of hydrogen-bond donors (Lipinski definition) is 0. The number of fused-ring (bicyclic) bond motifs is 1. The molecule has 1 aromatic rings. The highest BCUT2D eigenvalue weighted by atomic mass is 16.5. The molecule has 0 saturated heterocycles. The Hall–Kier alpha value is -2.10. The Morgan fingerprint density at radius 2 is 2.12 bits per heavy atom. The van der Waals surface area contributed by atoms with E-state index in [9.17, 15) is 9.59 Å². The van der Waals surface area contributed by atoms with Crippen molar-refractivity contribution in [3.05, 3.63) is 35.9 Å². The molecule has 0 bridgehead atoms. The fourth-order valence-electron chi connectivity index (χ4n) is 1.84. The van der Waals surface area contributed by atoms with Crippen molar-refractivity contribution in [2.24, 2.45) is 0 Å². The van der Waals surface area contributed by atoms with E-state index in [1.165, 1.54) is 11.0 Å². The molecule has 0 N–H and O–H groups in total. The van der Waals surface area contributed by atoms with Crippen molar-refractivity contribution in [3.8, 4) is 0 Å². The second-order valence-corrected chi connectivity index (χ2v) is 3.69. The zero-order valence-corrected chi connectivity index (χ0v) is 9.77. The molecular formula is C13H13NO3. The van der Waals surface area contributed by atoms with Crippen molar-refractivity contribution in [2.75, 3.05) is 18.6 Å². The third kappa shape index (κ3) is 1.93. The molecule has 0 spiro atoms. The van der Waals surface area contributed by atoms with Gasteiger partial charge in [0.05, 0.1) is 17.9 Å². The van der Waals surface area contributed by atoms with Crippen LogP contribution in [0, 0.1) is 0 Å². The SMILES string of the molecule is CCOC(=O)/C=C1/C(=O)N(C)c2ccccc21. The van der Waals surface area contributed by atoms with Gasteiger partial charge in [-0.25, -0.2) is 4.79 Å². The summed E-state index contributed by atoms with van der Waals surface area (Å²) in [5.74, 6) is -0.666. The van der Waals surface area contributed by atoms with Crippen LogP contribution in [0.4, 0.5) is 5.69 Å². The van der Waals surface area contributed by atoms with Crippen molar-refractivity contribution < 1.29 is 14.3 Å². The summed E-state index contributed by atoms with van der Waals surface area (Å²) >= 11 is 0. The fourth-order valence-corrected chi connectivity index (χ4v) is 1.84. The zero-order chi connectivity index (χ0) is 12.4. The van der Waals surface area contributed by atoms with E-state index in [0.29, 0.717) is 12.2 Å². The van der Waals surface area contributed by atoms with E-state index >= 15 is 0 Å². The van der Waals surface area contributed by atoms with Gasteiger partial charge in [0.25, 0.3) is 5.91 Å². The molecule has 2 rings (SSSR count). The van der Waals surface area contributed by atoms with Gasteiger partial charge < -0.3 is 9.64 Å². The van der Waals surface area contributed by atoms with Crippen molar-refractivity contribution >= 4 is 23.1 Å². The normalized spacial score (nSPS) is 16.2. The Balaban J connectivity index is 2.43. The summed E-state index contributed by atoms with van der Waals surface area (Å²) in [4.78, 5) is 24.9. The summed E-state index contributed by atoms with van der Waals surface area (Å²) in [6.45, 7) is 2.03. The Morgan fingerprint density at radius 1 is 1.41 bits per heavy atom. The number of para-hydroxylation sites is 1. The van der Waals surface area contributed by atoms with Gasteiger partial charge in [-0.1, -0.05) is 18.2 Å². The van der Waals surface area contributed by atoms with E-state index in [0.717, 1.165) is 11.3 Å². The smallest absolute Gasteiger partial charge is 0.331 e. The first-order valence-electron chi connectivity index (χ1n) is 5.41. The van der Waals surface area contributed by atoms with Gasteiger partial charge in [0.2, 0.25) is 0 Å². The highest BCUT2D eigenvalue weighted by Gasteiger charge is 2.29. The number of amides is 1. The molecule has 1 amide bonds.